The third-order valence-electron chi connectivity index (χ3n) is 2.11. The van der Waals surface area contributed by atoms with E-state index in [1.807, 2.05) is 13.8 Å². The van der Waals surface area contributed by atoms with Crippen molar-refractivity contribution in [1.29, 1.82) is 0 Å². The second-order valence-corrected chi connectivity index (χ2v) is 6.05. The highest BCUT2D eigenvalue weighted by Crippen LogP contribution is 2.23. The SMILES string of the molecule is CS(=O)c1nsc(OCC2COC(C)(C)O2)n1. The summed E-state index contributed by atoms with van der Waals surface area (Å²) in [6.45, 7) is 4.57. The molecule has 1 aliphatic rings. The molecule has 2 heterocycles. The van der Waals surface area contributed by atoms with Gasteiger partial charge in [-0.25, -0.2) is 0 Å². The van der Waals surface area contributed by atoms with Gasteiger partial charge in [-0.05, 0) is 13.8 Å². The van der Waals surface area contributed by atoms with Gasteiger partial charge in [0.1, 0.15) is 12.7 Å². The Morgan fingerprint density at radius 1 is 1.65 bits per heavy atom. The first-order valence-electron chi connectivity index (χ1n) is 5.08. The fraction of sp³-hybridized carbons (Fsp3) is 0.778. The fourth-order valence-electron chi connectivity index (χ4n) is 1.38. The predicted octanol–water partition coefficient (Wildman–Crippen LogP) is 0.806. The zero-order chi connectivity index (χ0) is 12.5. The molecule has 2 rings (SSSR count). The van der Waals surface area contributed by atoms with Crippen LogP contribution < -0.4 is 4.74 Å². The standard InChI is InChI=1S/C9H14N2O4S2/c1-9(2)14-5-6(15-9)4-13-8-10-7(11-16-8)17(3)12/h6H,4-5H2,1-3H3. The molecule has 0 amide bonds. The van der Waals surface area contributed by atoms with Crippen molar-refractivity contribution in [1.82, 2.24) is 9.36 Å². The number of hydrogen-bond donors (Lipinski definition) is 0. The van der Waals surface area contributed by atoms with Crippen LogP contribution in [-0.2, 0) is 20.3 Å². The van der Waals surface area contributed by atoms with Gasteiger partial charge in [0.15, 0.2) is 5.79 Å². The van der Waals surface area contributed by atoms with Gasteiger partial charge in [0.25, 0.3) is 5.19 Å². The van der Waals surface area contributed by atoms with E-state index in [0.717, 1.165) is 11.5 Å². The first-order chi connectivity index (χ1) is 7.96. The molecule has 1 saturated heterocycles. The predicted molar refractivity (Wildman–Crippen MR) is 62.6 cm³/mol. The van der Waals surface area contributed by atoms with Crippen LogP contribution in [0.5, 0.6) is 5.19 Å². The Bertz CT molecular complexity index is 421. The smallest absolute Gasteiger partial charge is 0.294 e. The summed E-state index contributed by atoms with van der Waals surface area (Å²) in [5, 5.41) is 0.706. The summed E-state index contributed by atoms with van der Waals surface area (Å²) in [5.41, 5.74) is 0. The quantitative estimate of drug-likeness (QED) is 0.811. The van der Waals surface area contributed by atoms with E-state index in [2.05, 4.69) is 9.36 Å². The maximum Gasteiger partial charge on any atom is 0.294 e. The lowest BCUT2D eigenvalue weighted by molar-refractivity contribution is -0.141. The van der Waals surface area contributed by atoms with E-state index in [0.29, 0.717) is 23.6 Å². The number of hydrogen-bond acceptors (Lipinski definition) is 7. The van der Waals surface area contributed by atoms with Gasteiger partial charge in [-0.15, -0.1) is 0 Å². The second kappa shape index (κ2) is 4.97. The third-order valence-corrected chi connectivity index (χ3v) is 3.55. The topological polar surface area (TPSA) is 70.5 Å². The highest BCUT2D eigenvalue weighted by atomic mass is 32.2. The van der Waals surface area contributed by atoms with E-state index in [-0.39, 0.29) is 6.10 Å². The molecule has 0 bridgehead atoms. The Kier molecular flexibility index (Phi) is 3.76. The molecule has 1 fully saturated rings. The van der Waals surface area contributed by atoms with E-state index >= 15 is 0 Å². The zero-order valence-electron chi connectivity index (χ0n) is 9.84. The van der Waals surface area contributed by atoms with Gasteiger partial charge in [0.05, 0.1) is 17.4 Å². The lowest BCUT2D eigenvalue weighted by Crippen LogP contribution is -2.25. The van der Waals surface area contributed by atoms with Gasteiger partial charge in [-0.3, -0.25) is 4.21 Å². The normalized spacial score (nSPS) is 24.8. The van der Waals surface area contributed by atoms with Crippen LogP contribution in [0.25, 0.3) is 0 Å². The van der Waals surface area contributed by atoms with Crippen molar-refractivity contribution in [2.75, 3.05) is 19.5 Å². The van der Waals surface area contributed by atoms with Gasteiger partial charge >= 0.3 is 0 Å². The summed E-state index contributed by atoms with van der Waals surface area (Å²) >= 11 is 1.09. The Morgan fingerprint density at radius 2 is 2.41 bits per heavy atom. The van der Waals surface area contributed by atoms with Gasteiger partial charge in [-0.1, -0.05) is 0 Å². The van der Waals surface area contributed by atoms with E-state index in [1.54, 1.807) is 0 Å². The molecule has 0 spiro atoms. The fourth-order valence-corrected chi connectivity index (χ4v) is 2.63. The van der Waals surface area contributed by atoms with E-state index in [4.69, 9.17) is 14.2 Å². The molecule has 6 nitrogen and oxygen atoms in total. The number of ether oxygens (including phenoxy) is 3. The van der Waals surface area contributed by atoms with Crippen molar-refractivity contribution >= 4 is 22.3 Å². The van der Waals surface area contributed by atoms with Gasteiger partial charge in [0.2, 0.25) is 5.16 Å². The van der Waals surface area contributed by atoms with Crippen LogP contribution in [0.4, 0.5) is 0 Å². The Hall–Kier alpha value is -0.570. The number of aromatic nitrogens is 2. The summed E-state index contributed by atoms with van der Waals surface area (Å²) < 4.78 is 31.4. The maximum atomic E-state index is 11.1. The van der Waals surface area contributed by atoms with Crippen molar-refractivity contribution < 1.29 is 18.4 Å². The third kappa shape index (κ3) is 3.44. The number of nitrogens with zero attached hydrogens (tertiary/aromatic N) is 2. The van der Waals surface area contributed by atoms with Crippen molar-refractivity contribution in [3.63, 3.8) is 0 Å². The summed E-state index contributed by atoms with van der Waals surface area (Å²) in [6.07, 6.45) is 1.42. The van der Waals surface area contributed by atoms with E-state index < -0.39 is 16.6 Å². The summed E-state index contributed by atoms with van der Waals surface area (Å²) in [5.74, 6) is -0.550. The first kappa shape index (κ1) is 12.9. The minimum absolute atomic E-state index is 0.107. The molecule has 1 aromatic heterocycles. The molecule has 96 valence electrons. The Balaban J connectivity index is 1.84. The minimum atomic E-state index is -1.17. The highest BCUT2D eigenvalue weighted by Gasteiger charge is 2.33. The van der Waals surface area contributed by atoms with Crippen LogP contribution in [0.3, 0.4) is 0 Å². The largest absolute Gasteiger partial charge is 0.466 e. The molecule has 8 heteroatoms. The van der Waals surface area contributed by atoms with Crippen molar-refractivity contribution in [3.05, 3.63) is 0 Å². The lowest BCUT2D eigenvalue weighted by atomic mass is 10.4. The first-order valence-corrected chi connectivity index (χ1v) is 7.41. The van der Waals surface area contributed by atoms with Crippen LogP contribution in [0.15, 0.2) is 5.16 Å². The molecular formula is C9H14N2O4S2. The molecular weight excluding hydrogens is 264 g/mol. The second-order valence-electron chi connectivity index (χ2n) is 4.06. The summed E-state index contributed by atoms with van der Waals surface area (Å²) in [6, 6.07) is 0. The van der Waals surface area contributed by atoms with Crippen LogP contribution in [0.2, 0.25) is 0 Å². The van der Waals surface area contributed by atoms with Crippen LogP contribution in [0, 0.1) is 0 Å². The Morgan fingerprint density at radius 3 is 2.94 bits per heavy atom. The molecule has 17 heavy (non-hydrogen) atoms. The molecule has 0 saturated carbocycles. The average Bonchev–Trinajstić information content (AvgIpc) is 2.81. The molecule has 1 aromatic rings. The average molecular weight is 278 g/mol. The molecule has 2 unspecified atom stereocenters. The van der Waals surface area contributed by atoms with Crippen LogP contribution in [-0.4, -0.2) is 44.9 Å². The summed E-state index contributed by atoms with van der Waals surface area (Å²) in [4.78, 5) is 4.00. The zero-order valence-corrected chi connectivity index (χ0v) is 11.5. The molecule has 2 atom stereocenters. The highest BCUT2D eigenvalue weighted by molar-refractivity contribution is 7.84. The van der Waals surface area contributed by atoms with Crippen LogP contribution >= 0.6 is 11.5 Å². The molecule has 0 radical (unpaired) electrons. The summed E-state index contributed by atoms with van der Waals surface area (Å²) in [7, 11) is -1.17. The van der Waals surface area contributed by atoms with Gasteiger partial charge < -0.3 is 14.2 Å². The molecule has 0 aliphatic carbocycles. The maximum absolute atomic E-state index is 11.1. The Labute approximate surface area is 106 Å². The van der Waals surface area contributed by atoms with Crippen LogP contribution in [0.1, 0.15) is 13.8 Å². The number of rotatable bonds is 4. The van der Waals surface area contributed by atoms with E-state index in [1.165, 1.54) is 6.26 Å². The van der Waals surface area contributed by atoms with E-state index in [9.17, 15) is 4.21 Å². The molecule has 0 aromatic carbocycles. The molecule has 0 N–H and O–H groups in total. The molecule has 1 aliphatic heterocycles. The monoisotopic (exact) mass is 278 g/mol. The lowest BCUT2D eigenvalue weighted by Gasteiger charge is -2.16. The van der Waals surface area contributed by atoms with Crippen molar-refractivity contribution in [2.45, 2.75) is 30.9 Å². The minimum Gasteiger partial charge on any atom is -0.466 e. The van der Waals surface area contributed by atoms with Gasteiger partial charge in [-0.2, -0.15) is 9.36 Å². The van der Waals surface area contributed by atoms with Gasteiger partial charge in [0, 0.05) is 17.8 Å². The van der Waals surface area contributed by atoms with Crippen molar-refractivity contribution in [2.24, 2.45) is 0 Å². The van der Waals surface area contributed by atoms with Crippen molar-refractivity contribution in [3.8, 4) is 5.19 Å².